The minimum absolute atomic E-state index is 0. The number of carbonyl (C=O) groups excluding carboxylic acids is 3. The third-order valence-corrected chi connectivity index (χ3v) is 16.5. The van der Waals surface area contributed by atoms with Gasteiger partial charge in [-0.05, 0) is 93.5 Å². The number of hydrogen-bond donors (Lipinski definition) is 2. The number of anilines is 3. The van der Waals surface area contributed by atoms with Gasteiger partial charge in [0.25, 0.3) is 18.2 Å². The summed E-state index contributed by atoms with van der Waals surface area (Å²) in [6, 6.07) is 6.78. The van der Waals surface area contributed by atoms with Gasteiger partial charge in [0.1, 0.15) is 34.4 Å². The number of methoxy groups -OCH3 is 2. The number of likely N-dealkylation sites (tertiary alicyclic amines) is 2. The average molecular weight is 1270 g/mol. The molecule has 6 rings (SSSR count). The first kappa shape index (κ1) is 69.6. The van der Waals surface area contributed by atoms with Crippen molar-refractivity contribution in [2.75, 3.05) is 64.0 Å². The summed E-state index contributed by atoms with van der Waals surface area (Å²) in [4.78, 5) is 63.7. The largest absolute Gasteiger partial charge is 1.00 e. The molecule has 0 bridgehead atoms. The number of pyridine rings is 2. The van der Waals surface area contributed by atoms with E-state index in [1.807, 2.05) is 27.7 Å². The van der Waals surface area contributed by atoms with Crippen LogP contribution in [0.2, 0.25) is 5.15 Å². The second-order valence-electron chi connectivity index (χ2n) is 19.1. The van der Waals surface area contributed by atoms with Gasteiger partial charge in [-0.15, -0.1) is 0 Å². The minimum Gasteiger partial charge on any atom is -0.662 e. The van der Waals surface area contributed by atoms with Gasteiger partial charge in [0.05, 0.1) is 60.6 Å². The first-order valence-corrected chi connectivity index (χ1v) is 28.4. The summed E-state index contributed by atoms with van der Waals surface area (Å²) in [7, 11) is -3.55. The van der Waals surface area contributed by atoms with Crippen LogP contribution in [-0.4, -0.2) is 153 Å². The van der Waals surface area contributed by atoms with Crippen LogP contribution in [0.25, 0.3) is 0 Å². The molecule has 0 aliphatic carbocycles. The molecule has 0 radical (unpaired) electrons. The maximum Gasteiger partial charge on any atom is 1.00 e. The van der Waals surface area contributed by atoms with E-state index in [2.05, 4.69) is 40.1 Å². The van der Waals surface area contributed by atoms with Crippen molar-refractivity contribution in [2.45, 2.75) is 129 Å². The van der Waals surface area contributed by atoms with Gasteiger partial charge in [0.2, 0.25) is 11.5 Å². The van der Waals surface area contributed by atoms with E-state index in [9.17, 15) is 26.4 Å². The van der Waals surface area contributed by atoms with E-state index in [0.29, 0.717) is 115 Å². The minimum atomic E-state index is -3.36. The molecule has 2 aliphatic heterocycles. The number of rotatable bonds is 15. The molecule has 4 aromatic rings. The van der Waals surface area contributed by atoms with Gasteiger partial charge in [-0.25, -0.2) is 36.4 Å². The standard InChI is InChI=1S/C24H35N5O6S.C14H20ClN3O4.C10H16N2O2S.CH2O3.Cs/c1-15(2)34-23(30)29-12-10-17(11-13-29)35-22-20(33-6)21(25-14-26-22)28-18-8-9-19(27-16(18)3)24(4,5)36(7,31)32;1-9(2)21-14(19)18-6-4-10(5-7-18)22-13-11(20-3)12(15)16-8-17-13;1-7-8(11)5-6-9(12-7)10(2,3)15(4,13)14;2-1-4-3;/h8-9,14-15,17H,10-13H2,1-7H3,(H,25,26,28);8-10H,4-7H2,1-3H3;5-6H,11H2,1-4H3;1,3H;/q;;;;+1/p-1. The second-order valence-corrected chi connectivity index (χ2v) is 24.6. The molecule has 2 amide bonds. The van der Waals surface area contributed by atoms with Crippen molar-refractivity contribution in [3.63, 3.8) is 0 Å². The molecule has 6 heterocycles. The normalized spacial score (nSPS) is 14.1. The van der Waals surface area contributed by atoms with Crippen LogP contribution < -0.4 is 104 Å². The summed E-state index contributed by atoms with van der Waals surface area (Å²) in [6.07, 6.45) is 6.68. The Morgan fingerprint density at radius 2 is 1.12 bits per heavy atom. The summed E-state index contributed by atoms with van der Waals surface area (Å²) < 4.78 is 78.5. The molecule has 2 saturated heterocycles. The third-order valence-electron chi connectivity index (χ3n) is 12.1. The summed E-state index contributed by atoms with van der Waals surface area (Å²) >= 11 is 5.93. The number of nitrogens with one attached hydrogen (secondary N) is 1. The van der Waals surface area contributed by atoms with Crippen molar-refractivity contribution in [3.05, 3.63) is 64.8 Å². The van der Waals surface area contributed by atoms with Gasteiger partial charge in [-0.1, -0.05) is 11.6 Å². The zero-order chi connectivity index (χ0) is 58.1. The Morgan fingerprint density at radius 3 is 1.49 bits per heavy atom. The Labute approximate surface area is 521 Å². The number of amides is 2. The molecule has 0 saturated carbocycles. The summed E-state index contributed by atoms with van der Waals surface area (Å²) in [5.41, 5.74) is 9.08. The van der Waals surface area contributed by atoms with E-state index < -0.39 is 29.2 Å². The SMILES string of the molecule is COc1c(Cl)ncnc1OC1CCN(C(=O)OC(C)C)CC1.COc1c(Nc2ccc(C(C)(C)S(C)(=O)=O)nc2C)ncnc1OC1CCN(C(=O)OC(C)C)CC1.Cc1nc(C(C)(C)S(C)(=O)=O)ccc1N.O=CO[O-].[Cs+]. The van der Waals surface area contributed by atoms with Crippen molar-refractivity contribution >= 4 is 67.1 Å². The van der Waals surface area contributed by atoms with Crippen LogP contribution in [0.5, 0.6) is 23.3 Å². The molecule has 428 valence electrons. The summed E-state index contributed by atoms with van der Waals surface area (Å²) in [6.45, 7) is 19.4. The fourth-order valence-corrected chi connectivity index (χ4v) is 8.12. The molecule has 25 nitrogen and oxygen atoms in total. The molecule has 0 aromatic carbocycles. The average Bonchev–Trinajstić information content (AvgIpc) is 3.35. The van der Waals surface area contributed by atoms with Crippen LogP contribution in [0.4, 0.5) is 26.8 Å². The topological polar surface area (TPSA) is 329 Å². The van der Waals surface area contributed by atoms with Gasteiger partial charge in [0, 0.05) is 64.4 Å². The fourth-order valence-electron chi connectivity index (χ4n) is 6.93. The summed E-state index contributed by atoms with van der Waals surface area (Å²) in [5.74, 6) is 1.66. The van der Waals surface area contributed by atoms with Crippen molar-refractivity contribution in [1.82, 2.24) is 39.7 Å². The maximum atomic E-state index is 12.2. The molecule has 4 aromatic heterocycles. The van der Waals surface area contributed by atoms with Gasteiger partial charge >= 0.3 is 81.1 Å². The van der Waals surface area contributed by atoms with Gasteiger partial charge < -0.3 is 59.4 Å². The van der Waals surface area contributed by atoms with Gasteiger partial charge in [0.15, 0.2) is 30.6 Å². The smallest absolute Gasteiger partial charge is 0.662 e. The molecular formula is C49H72ClCsN10O15S2. The van der Waals surface area contributed by atoms with Crippen molar-refractivity contribution in [2.24, 2.45) is 0 Å². The molecule has 0 spiro atoms. The number of sulfone groups is 2. The van der Waals surface area contributed by atoms with Crippen molar-refractivity contribution < 1.29 is 139 Å². The molecule has 29 heteroatoms. The Bertz CT molecular complexity index is 2840. The molecular weight excluding hydrogens is 1200 g/mol. The maximum absolute atomic E-state index is 12.2. The number of hydrogen-bond acceptors (Lipinski definition) is 23. The van der Waals surface area contributed by atoms with Gasteiger partial charge in [-0.2, -0.15) is 9.97 Å². The zero-order valence-electron chi connectivity index (χ0n) is 47.0. The number of piperidine rings is 2. The predicted octanol–water partition coefficient (Wildman–Crippen LogP) is 2.82. The Kier molecular flexibility index (Phi) is 28.1. The number of nitrogen functional groups attached to an aromatic ring is 1. The number of aryl methyl sites for hydroxylation is 2. The molecule has 2 aliphatic rings. The number of halogens is 1. The fraction of sp³-hybridized carbons (Fsp3) is 0.571. The van der Waals surface area contributed by atoms with Crippen LogP contribution in [0.15, 0.2) is 36.9 Å². The molecule has 0 atom stereocenters. The molecule has 3 N–H and O–H groups in total. The van der Waals surface area contributed by atoms with E-state index in [4.69, 9.17) is 55.8 Å². The van der Waals surface area contributed by atoms with E-state index in [-0.39, 0.29) is 117 Å². The Hall–Kier alpha value is -4.53. The van der Waals surface area contributed by atoms with E-state index in [1.54, 1.807) is 75.6 Å². The van der Waals surface area contributed by atoms with E-state index >= 15 is 0 Å². The van der Waals surface area contributed by atoms with E-state index in [0.717, 1.165) is 0 Å². The predicted molar refractivity (Wildman–Crippen MR) is 284 cm³/mol. The quantitative estimate of drug-likeness (QED) is 0.0748. The number of carbonyl (C=O) groups is 3. The van der Waals surface area contributed by atoms with Crippen molar-refractivity contribution in [1.29, 1.82) is 0 Å². The van der Waals surface area contributed by atoms with Gasteiger partial charge in [-0.3, -0.25) is 14.8 Å². The first-order chi connectivity index (χ1) is 35.9. The molecule has 0 unspecified atom stereocenters. The van der Waals surface area contributed by atoms with Crippen LogP contribution in [0.3, 0.4) is 0 Å². The van der Waals surface area contributed by atoms with Crippen LogP contribution in [-0.2, 0) is 48.3 Å². The third kappa shape index (κ3) is 20.2. The monoisotopic (exact) mass is 1270 g/mol. The second kappa shape index (κ2) is 31.5. The Morgan fingerprint density at radius 1 is 0.718 bits per heavy atom. The number of aromatic nitrogens is 6. The van der Waals surface area contributed by atoms with Crippen LogP contribution in [0.1, 0.15) is 104 Å². The first-order valence-electron chi connectivity index (χ1n) is 24.2. The Balaban J connectivity index is 0.000000420. The molecule has 2 fully saturated rings. The summed E-state index contributed by atoms with van der Waals surface area (Å²) in [5, 5.41) is 11.8. The zero-order valence-corrected chi connectivity index (χ0v) is 55.6. The number of nitrogens with two attached hydrogens (primary N) is 1. The molecule has 78 heavy (non-hydrogen) atoms. The van der Waals surface area contributed by atoms with Crippen LogP contribution in [0, 0.1) is 13.8 Å². The number of ether oxygens (including phenoxy) is 6. The van der Waals surface area contributed by atoms with E-state index in [1.165, 1.54) is 39.4 Å². The van der Waals surface area contributed by atoms with Crippen LogP contribution >= 0.6 is 11.6 Å². The van der Waals surface area contributed by atoms with Crippen molar-refractivity contribution in [3.8, 4) is 23.3 Å². The number of nitrogens with zero attached hydrogens (tertiary/aromatic N) is 8.